The number of phenols is 1. The molecule has 0 unspecified atom stereocenters. The Bertz CT molecular complexity index is 1400. The zero-order valence-corrected chi connectivity index (χ0v) is 19.2. The highest BCUT2D eigenvalue weighted by molar-refractivity contribution is 7.91. The van der Waals surface area contributed by atoms with Crippen LogP contribution >= 0.6 is 0 Å². The van der Waals surface area contributed by atoms with Gasteiger partial charge in [0, 0.05) is 6.20 Å². The Morgan fingerprint density at radius 3 is 2.41 bits per heavy atom. The average molecular weight is 478 g/mol. The Kier molecular flexibility index (Phi) is 6.65. The van der Waals surface area contributed by atoms with Crippen molar-refractivity contribution in [1.82, 2.24) is 9.78 Å². The van der Waals surface area contributed by atoms with Crippen molar-refractivity contribution in [3.63, 3.8) is 0 Å². The predicted molar refractivity (Wildman–Crippen MR) is 129 cm³/mol. The molecular weight excluding hydrogens is 454 g/mol. The molecule has 0 aliphatic heterocycles. The lowest BCUT2D eigenvalue weighted by atomic mass is 10.1. The maximum atomic E-state index is 12.6. The third-order valence-electron chi connectivity index (χ3n) is 5.15. The summed E-state index contributed by atoms with van der Waals surface area (Å²) in [6.45, 7) is 1.61. The monoisotopic (exact) mass is 477 g/mol. The van der Waals surface area contributed by atoms with Crippen LogP contribution in [0.1, 0.15) is 17.4 Å². The number of carbonyl (C=O) groups is 1. The number of benzene rings is 3. The van der Waals surface area contributed by atoms with Crippen LogP contribution in [0.3, 0.4) is 0 Å². The van der Waals surface area contributed by atoms with Gasteiger partial charge in [-0.3, -0.25) is 4.79 Å². The van der Waals surface area contributed by atoms with Gasteiger partial charge < -0.3 is 15.2 Å². The van der Waals surface area contributed by atoms with Gasteiger partial charge in [0.1, 0.15) is 11.5 Å². The van der Waals surface area contributed by atoms with Gasteiger partial charge in [-0.25, -0.2) is 13.1 Å². The van der Waals surface area contributed by atoms with Gasteiger partial charge in [0.15, 0.2) is 22.3 Å². The normalized spacial score (nSPS) is 11.2. The molecule has 0 atom stereocenters. The SMILES string of the molecule is CCS(=O)(=O)c1ccc(O)c(NC(=O)c2ccn(COc3ccc(-c4ccccc4)cc3)n2)c1. The molecule has 9 heteroatoms. The second kappa shape index (κ2) is 9.80. The fourth-order valence-electron chi connectivity index (χ4n) is 3.23. The molecule has 4 aromatic rings. The first kappa shape index (κ1) is 23.1. The topological polar surface area (TPSA) is 111 Å². The summed E-state index contributed by atoms with van der Waals surface area (Å²) in [7, 11) is -3.48. The number of anilines is 1. The number of rotatable bonds is 8. The first-order valence-electron chi connectivity index (χ1n) is 10.5. The molecule has 0 saturated carbocycles. The number of aromatic nitrogens is 2. The summed E-state index contributed by atoms with van der Waals surface area (Å²) in [4.78, 5) is 12.6. The van der Waals surface area contributed by atoms with E-state index >= 15 is 0 Å². The van der Waals surface area contributed by atoms with Crippen LogP contribution in [-0.2, 0) is 16.6 Å². The van der Waals surface area contributed by atoms with Crippen molar-refractivity contribution in [2.24, 2.45) is 0 Å². The quantitative estimate of drug-likeness (QED) is 0.365. The van der Waals surface area contributed by atoms with E-state index in [4.69, 9.17) is 4.74 Å². The Labute approximate surface area is 197 Å². The third kappa shape index (κ3) is 5.26. The van der Waals surface area contributed by atoms with E-state index in [1.54, 1.807) is 6.20 Å². The van der Waals surface area contributed by atoms with Crippen LogP contribution < -0.4 is 10.1 Å². The number of hydrogen-bond acceptors (Lipinski definition) is 6. The van der Waals surface area contributed by atoms with Crippen molar-refractivity contribution in [2.75, 3.05) is 11.1 Å². The first-order chi connectivity index (χ1) is 16.4. The minimum atomic E-state index is -3.48. The molecule has 0 saturated heterocycles. The summed E-state index contributed by atoms with van der Waals surface area (Å²) in [5.74, 6) is -0.276. The average Bonchev–Trinajstić information content (AvgIpc) is 3.34. The number of aromatic hydroxyl groups is 1. The number of sulfone groups is 1. The lowest BCUT2D eigenvalue weighted by molar-refractivity contribution is 0.101. The molecule has 174 valence electrons. The van der Waals surface area contributed by atoms with Crippen molar-refractivity contribution in [2.45, 2.75) is 18.6 Å². The number of hydrogen-bond donors (Lipinski definition) is 2. The number of nitrogens with one attached hydrogen (secondary N) is 1. The second-order valence-electron chi connectivity index (χ2n) is 7.44. The Morgan fingerprint density at radius 2 is 1.71 bits per heavy atom. The van der Waals surface area contributed by atoms with Crippen LogP contribution in [0.15, 0.2) is 90.0 Å². The highest BCUT2D eigenvalue weighted by Crippen LogP contribution is 2.27. The fraction of sp³-hybridized carbons (Fsp3) is 0.120. The summed E-state index contributed by atoms with van der Waals surface area (Å²) >= 11 is 0. The summed E-state index contributed by atoms with van der Waals surface area (Å²) in [6.07, 6.45) is 1.59. The Morgan fingerprint density at radius 1 is 1.00 bits per heavy atom. The molecule has 0 radical (unpaired) electrons. The van der Waals surface area contributed by atoms with Crippen LogP contribution in [0, 0.1) is 0 Å². The van der Waals surface area contributed by atoms with Crippen LogP contribution in [0.2, 0.25) is 0 Å². The third-order valence-corrected chi connectivity index (χ3v) is 6.89. The van der Waals surface area contributed by atoms with E-state index in [2.05, 4.69) is 10.4 Å². The van der Waals surface area contributed by atoms with Crippen molar-refractivity contribution < 1.29 is 23.1 Å². The lowest BCUT2D eigenvalue weighted by Gasteiger charge is -2.09. The number of ether oxygens (including phenoxy) is 1. The minimum absolute atomic E-state index is 0.0103. The van der Waals surface area contributed by atoms with E-state index in [1.165, 1.54) is 35.9 Å². The second-order valence-corrected chi connectivity index (χ2v) is 9.72. The van der Waals surface area contributed by atoms with Gasteiger partial charge in [-0.2, -0.15) is 5.10 Å². The predicted octanol–water partition coefficient (Wildman–Crippen LogP) is 4.34. The molecule has 34 heavy (non-hydrogen) atoms. The van der Waals surface area contributed by atoms with Crippen LogP contribution in [0.4, 0.5) is 5.69 Å². The van der Waals surface area contributed by atoms with Gasteiger partial charge in [0.2, 0.25) is 0 Å². The summed E-state index contributed by atoms with van der Waals surface area (Å²) in [5.41, 5.74) is 2.26. The molecule has 1 heterocycles. The fourth-order valence-corrected chi connectivity index (χ4v) is 4.14. The van der Waals surface area contributed by atoms with E-state index < -0.39 is 15.7 Å². The van der Waals surface area contributed by atoms with Gasteiger partial charge in [-0.1, -0.05) is 49.4 Å². The van der Waals surface area contributed by atoms with Crippen molar-refractivity contribution in [3.8, 4) is 22.6 Å². The molecule has 4 rings (SSSR count). The van der Waals surface area contributed by atoms with Crippen LogP contribution in [0.5, 0.6) is 11.5 Å². The van der Waals surface area contributed by atoms with E-state index in [1.807, 2.05) is 54.6 Å². The number of carbonyl (C=O) groups excluding carboxylic acids is 1. The number of amides is 1. The van der Waals surface area contributed by atoms with Crippen molar-refractivity contribution in [3.05, 3.63) is 90.8 Å². The smallest absolute Gasteiger partial charge is 0.276 e. The van der Waals surface area contributed by atoms with Gasteiger partial charge in [0.25, 0.3) is 5.91 Å². The molecule has 0 spiro atoms. The van der Waals surface area contributed by atoms with Crippen molar-refractivity contribution in [1.29, 1.82) is 0 Å². The summed E-state index contributed by atoms with van der Waals surface area (Å²) in [5, 5.41) is 16.7. The molecular formula is C25H23N3O5S. The molecule has 0 bridgehead atoms. The maximum absolute atomic E-state index is 12.6. The highest BCUT2D eigenvalue weighted by Gasteiger charge is 2.17. The van der Waals surface area contributed by atoms with E-state index in [-0.39, 0.29) is 34.5 Å². The van der Waals surface area contributed by atoms with Gasteiger partial charge in [0.05, 0.1) is 16.3 Å². The summed E-state index contributed by atoms with van der Waals surface area (Å²) < 4.78 is 31.4. The highest BCUT2D eigenvalue weighted by atomic mass is 32.2. The Hall–Kier alpha value is -4.11. The molecule has 0 aliphatic rings. The molecule has 8 nitrogen and oxygen atoms in total. The largest absolute Gasteiger partial charge is 0.506 e. The molecule has 0 fully saturated rings. The standard InChI is InChI=1S/C25H23N3O5S/c1-2-34(31,32)21-12-13-24(29)23(16-21)26-25(30)22-14-15-28(27-22)17-33-20-10-8-19(9-11-20)18-6-4-3-5-7-18/h3-16,29H,2,17H2,1H3,(H,26,30). The maximum Gasteiger partial charge on any atom is 0.276 e. The van der Waals surface area contributed by atoms with Crippen molar-refractivity contribution >= 4 is 21.4 Å². The number of nitrogens with zero attached hydrogens (tertiary/aromatic N) is 2. The zero-order valence-electron chi connectivity index (χ0n) is 18.4. The molecule has 1 amide bonds. The molecule has 3 aromatic carbocycles. The number of phenolic OH excluding ortho intramolecular Hbond substituents is 1. The first-order valence-corrected chi connectivity index (χ1v) is 12.2. The van der Waals surface area contributed by atoms with E-state index in [0.29, 0.717) is 5.75 Å². The van der Waals surface area contributed by atoms with Gasteiger partial charge in [-0.15, -0.1) is 0 Å². The molecule has 0 aliphatic carbocycles. The Balaban J connectivity index is 1.39. The van der Waals surface area contributed by atoms with E-state index in [9.17, 15) is 18.3 Å². The van der Waals surface area contributed by atoms with E-state index in [0.717, 1.165) is 11.1 Å². The van der Waals surface area contributed by atoms with Crippen LogP contribution in [-0.4, -0.2) is 35.0 Å². The molecule has 2 N–H and O–H groups in total. The molecule has 1 aromatic heterocycles. The lowest BCUT2D eigenvalue weighted by Crippen LogP contribution is -2.15. The zero-order chi connectivity index (χ0) is 24.1. The van der Waals surface area contributed by atoms with Gasteiger partial charge >= 0.3 is 0 Å². The summed E-state index contributed by atoms with van der Waals surface area (Å²) in [6, 6.07) is 22.9. The minimum Gasteiger partial charge on any atom is -0.506 e. The van der Waals surface area contributed by atoms with Gasteiger partial charge in [-0.05, 0) is 47.5 Å². The van der Waals surface area contributed by atoms with Crippen LogP contribution in [0.25, 0.3) is 11.1 Å².